The number of nitrogens with two attached hydrogens (primary N) is 2. The van der Waals surface area contributed by atoms with E-state index in [2.05, 4.69) is 59.8 Å². The maximum Gasteiger partial charge on any atom is 0.326 e. The lowest BCUT2D eigenvalue weighted by Gasteiger charge is -2.30. The summed E-state index contributed by atoms with van der Waals surface area (Å²) in [5.41, 5.74) is 8.09. The molecular weight excluding hydrogens is 2020 g/mol. The number of aromatic nitrogens is 12. The van der Waals surface area contributed by atoms with Gasteiger partial charge < -0.3 is 45.7 Å². The third kappa shape index (κ3) is 58.1. The molecule has 788 valence electrons. The summed E-state index contributed by atoms with van der Waals surface area (Å²) < 4.78 is 80.3. The molecule has 44 heteroatoms. The summed E-state index contributed by atoms with van der Waals surface area (Å²) in [7, 11) is -8.04. The average molecular weight is 2160 g/mol. The molecule has 6 heterocycles. The topological polar surface area (TPSA) is 533 Å². The highest BCUT2D eigenvalue weighted by Crippen LogP contribution is 2.34. The van der Waals surface area contributed by atoms with Crippen molar-refractivity contribution in [3.63, 3.8) is 0 Å². The Kier molecular flexibility index (Phi) is 62.6. The van der Waals surface area contributed by atoms with Crippen LogP contribution < -0.4 is 11.5 Å². The molecule has 0 unspecified atom stereocenters. The molecule has 0 saturated carbocycles. The molecular formula is C96H146Cl8N14O20S2. The summed E-state index contributed by atoms with van der Waals surface area (Å²) in [4.78, 5) is 127. The Hall–Kier alpha value is -8.73. The Morgan fingerprint density at radius 1 is 0.307 bits per heavy atom. The maximum atomic E-state index is 12.3. The number of hydrogen-bond acceptors (Lipinski definition) is 29. The van der Waals surface area contributed by atoms with E-state index in [9.17, 15) is 50.4 Å². The Labute approximate surface area is 869 Å². The van der Waals surface area contributed by atoms with Gasteiger partial charge >= 0.3 is 41.8 Å². The zero-order valence-corrected chi connectivity index (χ0v) is 91.5. The van der Waals surface area contributed by atoms with Crippen LogP contribution in [0.1, 0.15) is 280 Å². The number of ether oxygens (including phenoxy) is 4. The minimum atomic E-state index is -4.02. The zero-order valence-electron chi connectivity index (χ0n) is 83.8. The smallest absolute Gasteiger partial charge is 0.326 e. The van der Waals surface area contributed by atoms with Crippen LogP contribution in [0.5, 0.6) is 0 Å². The Balaban J connectivity index is -0.000000485. The fourth-order valence-electron chi connectivity index (χ4n) is 9.57. The monoisotopic (exact) mass is 2160 g/mol. The lowest BCUT2D eigenvalue weighted by atomic mass is 9.82. The van der Waals surface area contributed by atoms with Gasteiger partial charge in [0.2, 0.25) is 21.1 Å². The minimum absolute atomic E-state index is 0. The maximum absolute atomic E-state index is 12.3. The van der Waals surface area contributed by atoms with Crippen LogP contribution in [-0.2, 0) is 105 Å². The van der Waals surface area contributed by atoms with Crippen molar-refractivity contribution < 1.29 is 93.8 Å². The van der Waals surface area contributed by atoms with E-state index >= 15 is 0 Å². The van der Waals surface area contributed by atoms with Gasteiger partial charge in [-0.05, 0) is 297 Å². The molecule has 0 aliphatic carbocycles. The molecule has 0 aliphatic heterocycles. The molecule has 0 radical (unpaired) electrons. The van der Waals surface area contributed by atoms with Gasteiger partial charge in [-0.25, -0.2) is 59.8 Å². The molecule has 0 amide bonds. The van der Waals surface area contributed by atoms with Crippen LogP contribution in [0.2, 0.25) is 36.6 Å². The molecule has 8 aromatic rings. The summed E-state index contributed by atoms with van der Waals surface area (Å²) in [6.45, 7) is 51.2. The van der Waals surface area contributed by atoms with Crippen LogP contribution in [0.4, 0.5) is 0 Å². The normalized spacial score (nSPS) is 13.9. The Morgan fingerprint density at radius 2 is 0.514 bits per heavy atom. The van der Waals surface area contributed by atoms with Crippen molar-refractivity contribution in [3.05, 3.63) is 199 Å². The first-order valence-corrected chi connectivity index (χ1v) is 48.8. The number of aliphatic carboxylic acids is 3. The van der Waals surface area contributed by atoms with Crippen LogP contribution in [-0.4, -0.2) is 176 Å². The van der Waals surface area contributed by atoms with Crippen molar-refractivity contribution in [1.82, 2.24) is 59.8 Å². The number of esters is 4. The standard InChI is InChI=1S/2C14H21ClN2O2.3C10H13ClN2O2.2C9H19NO2.2C7H8O3S.C4H2Cl2N2.2CH4.ClH/c1-6-14(5,12(18)19-13(2,3)4)9-11-16-8-7-10(15)17-11;1-6-14(5,11(18)19-13(2,3)4)9-10-7-8-16-12(15)17-10;1-3-10(2,9(14)15)6-8-12-5-4-7(11)13-8;2*1-3-10(2,8(14)15)6-7-4-5-12-9(11)13-7;2*1-6-9(5,10)7(11)12-8(2,3)4;2*1-6-2-4-7(5-3-6)11(8,9)10;5-3-1-2-7-4(6)8-3;;;/h2*7-8H,6,9H2,1-5H3;3*4-5H,3,6H2,1-2H3,(H,14,15);2*6,10H2,1-5H3;2*2-5H,1H3,(H,8,9,10);1-2H;2*1H4;1H/t2*14-;3*10-;2*9-;;;;;;/m0000011....../s1. The van der Waals surface area contributed by atoms with Gasteiger partial charge in [-0.15, -0.1) is 12.4 Å². The molecule has 2 aromatic carbocycles. The second-order valence-corrected chi connectivity index (χ2v) is 42.5. The Morgan fingerprint density at radius 3 is 0.714 bits per heavy atom. The quantitative estimate of drug-likeness (QED) is 0.00870. The Bertz CT molecular complexity index is 5010. The SMILES string of the molecule is C.C.CC[C@@](C)(Cc1ccnc(Cl)n1)C(=O)O.CC[C@@](C)(Cc1ccnc(Cl)n1)C(=O)O.CC[C@@](C)(Cc1ccnc(Cl)n1)C(=O)OC(C)(C)C.CC[C@@](C)(Cc1nccc(Cl)n1)C(=O)O.CC[C@@](C)(Cc1nccc(Cl)n1)C(=O)OC(C)(C)C.CC[C@@](C)(N)C(=O)OC(C)(C)C.CC[C@@](C)(N)C(=O)OC(C)(C)C.Cc1ccc(S(=O)(=O)O)cc1.Cc1ccc(S(=O)(=O)O)cc1.Cl.Clc1ccnc(Cl)n1. The van der Waals surface area contributed by atoms with Gasteiger partial charge in [0.05, 0.1) is 36.9 Å². The number of carbonyl (C=O) groups is 7. The largest absolute Gasteiger partial charge is 0.481 e. The molecule has 0 spiro atoms. The summed E-state index contributed by atoms with van der Waals surface area (Å²) in [5.74, 6) is -2.57. The number of aryl methyl sites for hydroxylation is 2. The number of halogens is 8. The van der Waals surface area contributed by atoms with Crippen LogP contribution in [0.3, 0.4) is 0 Å². The second-order valence-electron chi connectivity index (χ2n) is 37.2. The molecule has 8 rings (SSSR count). The molecule has 9 N–H and O–H groups in total. The fourth-order valence-corrected chi connectivity index (χ4v) is 11.7. The van der Waals surface area contributed by atoms with Gasteiger partial charge in [-0.1, -0.05) is 134 Å². The van der Waals surface area contributed by atoms with Crippen LogP contribution in [0.25, 0.3) is 0 Å². The number of hydrogen-bond donors (Lipinski definition) is 7. The van der Waals surface area contributed by atoms with Crippen molar-refractivity contribution >= 4 is 156 Å². The number of benzene rings is 2. The summed E-state index contributed by atoms with van der Waals surface area (Å²) >= 11 is 39.3. The van der Waals surface area contributed by atoms with E-state index in [-0.39, 0.29) is 82.1 Å². The number of carboxylic acid groups (broad SMARTS) is 3. The van der Waals surface area contributed by atoms with Crippen LogP contribution in [0, 0.1) is 40.9 Å². The van der Waals surface area contributed by atoms with E-state index in [1.54, 1.807) is 108 Å². The highest BCUT2D eigenvalue weighted by molar-refractivity contribution is 7.86. The molecule has 34 nitrogen and oxygen atoms in total. The van der Waals surface area contributed by atoms with Crippen molar-refractivity contribution in [3.8, 4) is 0 Å². The predicted molar refractivity (Wildman–Crippen MR) is 553 cm³/mol. The minimum Gasteiger partial charge on any atom is -0.481 e. The molecule has 0 bridgehead atoms. The van der Waals surface area contributed by atoms with E-state index in [0.717, 1.165) is 16.8 Å². The molecule has 7 atom stereocenters. The molecule has 0 saturated heterocycles. The van der Waals surface area contributed by atoms with Crippen molar-refractivity contribution in [2.45, 2.75) is 329 Å². The van der Waals surface area contributed by atoms with Gasteiger partial charge in [0, 0.05) is 86.4 Å². The van der Waals surface area contributed by atoms with E-state index in [1.165, 1.54) is 49.1 Å². The van der Waals surface area contributed by atoms with Gasteiger partial charge in [-0.2, -0.15) is 16.8 Å². The fraction of sp³-hybridized carbons (Fsp3) is 0.552. The van der Waals surface area contributed by atoms with E-state index in [4.69, 9.17) is 136 Å². The number of rotatable bonds is 26. The lowest BCUT2D eigenvalue weighted by Crippen LogP contribution is -2.47. The van der Waals surface area contributed by atoms with E-state index < -0.39 is 98.7 Å². The third-order valence-electron chi connectivity index (χ3n) is 19.9. The number of nitrogens with zero attached hydrogens (tertiary/aromatic N) is 12. The summed E-state index contributed by atoms with van der Waals surface area (Å²) in [6.07, 6.45) is 15.3. The summed E-state index contributed by atoms with van der Waals surface area (Å²) in [6, 6.07) is 21.9. The highest BCUT2D eigenvalue weighted by atomic mass is 35.5. The van der Waals surface area contributed by atoms with Crippen molar-refractivity contribution in [2.24, 2.45) is 38.5 Å². The summed E-state index contributed by atoms with van der Waals surface area (Å²) in [5, 5.41) is 29.0. The average Bonchev–Trinajstić information content (AvgIpc) is 0.817. The lowest BCUT2D eigenvalue weighted by molar-refractivity contribution is -0.168. The van der Waals surface area contributed by atoms with Crippen molar-refractivity contribution in [2.75, 3.05) is 0 Å². The van der Waals surface area contributed by atoms with Gasteiger partial charge in [-0.3, -0.25) is 42.7 Å². The molecule has 140 heavy (non-hydrogen) atoms. The molecule has 6 aromatic heterocycles. The zero-order chi connectivity index (χ0) is 107. The molecule has 0 aliphatic rings. The highest BCUT2D eigenvalue weighted by Gasteiger charge is 2.40. The van der Waals surface area contributed by atoms with Crippen molar-refractivity contribution in [1.29, 1.82) is 0 Å². The first kappa shape index (κ1) is 140. The number of carbonyl (C=O) groups excluding carboxylic acids is 4. The first-order chi connectivity index (χ1) is 62.4. The third-order valence-corrected chi connectivity index (χ3v) is 23.0. The van der Waals surface area contributed by atoms with Crippen LogP contribution in [0.15, 0.2) is 132 Å². The van der Waals surface area contributed by atoms with Gasteiger partial charge in [0.25, 0.3) is 20.2 Å². The van der Waals surface area contributed by atoms with E-state index in [0.29, 0.717) is 116 Å². The van der Waals surface area contributed by atoms with E-state index in [1.807, 2.05) is 159 Å². The molecule has 0 fully saturated rings. The first-order valence-electron chi connectivity index (χ1n) is 43.2. The number of carboxylic acids is 3. The predicted octanol–water partition coefficient (Wildman–Crippen LogP) is 22.3. The van der Waals surface area contributed by atoms with Crippen LogP contribution >= 0.6 is 93.6 Å². The second kappa shape index (κ2) is 62.7. The van der Waals surface area contributed by atoms with Gasteiger partial charge in [0.15, 0.2) is 0 Å². The van der Waals surface area contributed by atoms with Gasteiger partial charge in [0.1, 0.15) is 60.6 Å².